The second-order valence-electron chi connectivity index (χ2n) is 5.47. The number of hydrogen-bond acceptors (Lipinski definition) is 1. The van der Waals surface area contributed by atoms with E-state index in [1.54, 1.807) is 6.08 Å². The van der Waals surface area contributed by atoms with E-state index in [1.807, 2.05) is 6.92 Å². The minimum Gasteiger partial charge on any atom is -0.299 e. The van der Waals surface area contributed by atoms with Crippen LogP contribution in [0, 0.1) is 11.8 Å². The Kier molecular flexibility index (Phi) is 9.27. The van der Waals surface area contributed by atoms with Crippen LogP contribution in [0.5, 0.6) is 0 Å². The fraction of sp³-hybridized carbons (Fsp3) is 0.800. The first-order valence-electron chi connectivity index (χ1n) is 6.67. The minimum atomic E-state index is 0.836. The van der Waals surface area contributed by atoms with Gasteiger partial charge in [0.1, 0.15) is 6.29 Å². The van der Waals surface area contributed by atoms with Crippen LogP contribution in [0.1, 0.15) is 66.2 Å². The molecule has 0 amide bonds. The summed E-state index contributed by atoms with van der Waals surface area (Å²) in [5, 5.41) is 0. The summed E-state index contributed by atoms with van der Waals surface area (Å²) >= 11 is 0. The summed E-state index contributed by atoms with van der Waals surface area (Å²) in [5.41, 5.74) is 1.21. The first kappa shape index (κ1) is 15.4. The van der Waals surface area contributed by atoms with Crippen molar-refractivity contribution < 1.29 is 4.79 Å². The lowest BCUT2D eigenvalue weighted by Crippen LogP contribution is -1.97. The Morgan fingerprint density at radius 1 is 1.06 bits per heavy atom. The Morgan fingerprint density at radius 2 is 1.69 bits per heavy atom. The van der Waals surface area contributed by atoms with Gasteiger partial charge >= 0.3 is 0 Å². The molecule has 0 heterocycles. The van der Waals surface area contributed by atoms with Gasteiger partial charge in [0.25, 0.3) is 0 Å². The van der Waals surface area contributed by atoms with Crippen molar-refractivity contribution >= 4 is 6.29 Å². The van der Waals surface area contributed by atoms with Crippen molar-refractivity contribution in [3.05, 3.63) is 11.6 Å². The van der Waals surface area contributed by atoms with Gasteiger partial charge in [-0.05, 0) is 37.7 Å². The monoisotopic (exact) mass is 224 g/mol. The molecule has 0 aromatic rings. The van der Waals surface area contributed by atoms with E-state index in [2.05, 4.69) is 20.8 Å². The van der Waals surface area contributed by atoms with E-state index in [4.69, 9.17) is 0 Å². The van der Waals surface area contributed by atoms with Crippen LogP contribution in [0.4, 0.5) is 0 Å². The van der Waals surface area contributed by atoms with Crippen LogP contribution < -0.4 is 0 Å². The lowest BCUT2D eigenvalue weighted by molar-refractivity contribution is -0.104. The van der Waals surface area contributed by atoms with Crippen LogP contribution in [0.15, 0.2) is 11.6 Å². The molecule has 0 aliphatic rings. The molecule has 0 aromatic carbocycles. The van der Waals surface area contributed by atoms with E-state index in [9.17, 15) is 4.79 Å². The molecule has 0 unspecified atom stereocenters. The Balaban J connectivity index is 3.46. The van der Waals surface area contributed by atoms with E-state index >= 15 is 0 Å². The van der Waals surface area contributed by atoms with E-state index < -0.39 is 0 Å². The first-order valence-corrected chi connectivity index (χ1v) is 6.67. The molecule has 94 valence electrons. The molecule has 1 nitrogen and oxygen atoms in total. The summed E-state index contributed by atoms with van der Waals surface area (Å²) in [6.07, 6.45) is 10.2. The van der Waals surface area contributed by atoms with Crippen LogP contribution in [-0.4, -0.2) is 6.29 Å². The Morgan fingerprint density at radius 3 is 2.25 bits per heavy atom. The number of carbonyl (C=O) groups is 1. The maximum atomic E-state index is 10.2. The number of rotatable bonds is 9. The van der Waals surface area contributed by atoms with Gasteiger partial charge in [-0.15, -0.1) is 0 Å². The van der Waals surface area contributed by atoms with Gasteiger partial charge in [0.15, 0.2) is 0 Å². The molecule has 0 saturated carbocycles. The normalized spacial score (nSPS) is 14.2. The third kappa shape index (κ3) is 9.95. The number of allylic oxidation sites excluding steroid dienone is 2. The van der Waals surface area contributed by atoms with Gasteiger partial charge < -0.3 is 0 Å². The predicted octanol–water partition coefficient (Wildman–Crippen LogP) is 4.76. The van der Waals surface area contributed by atoms with Crippen molar-refractivity contribution in [2.45, 2.75) is 66.2 Å². The first-order chi connectivity index (χ1) is 7.56. The van der Waals surface area contributed by atoms with Crippen molar-refractivity contribution in [2.24, 2.45) is 11.8 Å². The average molecular weight is 224 g/mol. The number of carbonyl (C=O) groups excluding carboxylic acids is 1. The fourth-order valence-corrected chi connectivity index (χ4v) is 1.95. The van der Waals surface area contributed by atoms with E-state index in [-0.39, 0.29) is 0 Å². The largest absolute Gasteiger partial charge is 0.299 e. The van der Waals surface area contributed by atoms with Crippen molar-refractivity contribution in [2.75, 3.05) is 0 Å². The Labute approximate surface area is 101 Å². The molecule has 0 fully saturated rings. The van der Waals surface area contributed by atoms with Crippen LogP contribution in [0.25, 0.3) is 0 Å². The van der Waals surface area contributed by atoms with Gasteiger partial charge in [-0.3, -0.25) is 4.79 Å². The van der Waals surface area contributed by atoms with Gasteiger partial charge in [-0.25, -0.2) is 0 Å². The highest BCUT2D eigenvalue weighted by molar-refractivity contribution is 5.65. The molecule has 0 aliphatic heterocycles. The SMILES string of the molecule is C/C(=C\C=O)CCC[C@H](C)CCCC(C)C. The number of hydrogen-bond donors (Lipinski definition) is 0. The third-order valence-electron chi connectivity index (χ3n) is 3.10. The summed E-state index contributed by atoms with van der Waals surface area (Å²) in [5.74, 6) is 1.67. The van der Waals surface area contributed by atoms with Gasteiger partial charge in [0.2, 0.25) is 0 Å². The molecule has 0 aromatic heterocycles. The second-order valence-corrected chi connectivity index (χ2v) is 5.47. The van der Waals surface area contributed by atoms with Crippen LogP contribution in [-0.2, 0) is 4.79 Å². The molecule has 0 rings (SSSR count). The molecule has 16 heavy (non-hydrogen) atoms. The van der Waals surface area contributed by atoms with Crippen molar-refractivity contribution in [1.29, 1.82) is 0 Å². The highest BCUT2D eigenvalue weighted by atomic mass is 16.1. The number of aldehydes is 1. The molecule has 0 bridgehead atoms. The molecular weight excluding hydrogens is 196 g/mol. The van der Waals surface area contributed by atoms with Gasteiger partial charge in [0, 0.05) is 0 Å². The second kappa shape index (κ2) is 9.62. The zero-order chi connectivity index (χ0) is 12.4. The summed E-state index contributed by atoms with van der Waals surface area (Å²) in [6, 6.07) is 0. The maximum Gasteiger partial charge on any atom is 0.142 e. The summed E-state index contributed by atoms with van der Waals surface area (Å²) in [6.45, 7) is 8.97. The van der Waals surface area contributed by atoms with E-state index in [0.29, 0.717) is 0 Å². The summed E-state index contributed by atoms with van der Waals surface area (Å²) < 4.78 is 0. The molecule has 1 heteroatoms. The van der Waals surface area contributed by atoms with E-state index in [0.717, 1.165) is 24.5 Å². The van der Waals surface area contributed by atoms with Gasteiger partial charge in [0.05, 0.1) is 0 Å². The third-order valence-corrected chi connectivity index (χ3v) is 3.10. The lowest BCUT2D eigenvalue weighted by atomic mass is 9.94. The van der Waals surface area contributed by atoms with Gasteiger partial charge in [-0.2, -0.15) is 0 Å². The Bertz CT molecular complexity index is 203. The fourth-order valence-electron chi connectivity index (χ4n) is 1.95. The van der Waals surface area contributed by atoms with Crippen LogP contribution >= 0.6 is 0 Å². The maximum absolute atomic E-state index is 10.2. The Hall–Kier alpha value is -0.590. The molecular formula is C15H28O. The highest BCUT2D eigenvalue weighted by Gasteiger charge is 2.03. The smallest absolute Gasteiger partial charge is 0.142 e. The predicted molar refractivity (Wildman–Crippen MR) is 71.5 cm³/mol. The van der Waals surface area contributed by atoms with Crippen LogP contribution in [0.3, 0.4) is 0 Å². The zero-order valence-electron chi connectivity index (χ0n) is 11.5. The lowest BCUT2D eigenvalue weighted by Gasteiger charge is -2.12. The molecule has 0 N–H and O–H groups in total. The summed E-state index contributed by atoms with van der Waals surface area (Å²) in [4.78, 5) is 10.2. The topological polar surface area (TPSA) is 17.1 Å². The molecule has 0 saturated heterocycles. The molecule has 0 spiro atoms. The highest BCUT2D eigenvalue weighted by Crippen LogP contribution is 2.18. The van der Waals surface area contributed by atoms with Crippen molar-refractivity contribution in [3.8, 4) is 0 Å². The molecule has 0 radical (unpaired) electrons. The molecule has 1 atom stereocenters. The minimum absolute atomic E-state index is 0.836. The summed E-state index contributed by atoms with van der Waals surface area (Å²) in [7, 11) is 0. The zero-order valence-corrected chi connectivity index (χ0v) is 11.5. The standard InChI is InChI=1S/C15H28O/c1-13(2)7-5-8-14(3)9-6-10-15(4)11-12-16/h11-14H,5-10H2,1-4H3/b15-11+/t14-/m1/s1. The molecule has 0 aliphatic carbocycles. The van der Waals surface area contributed by atoms with E-state index in [1.165, 1.54) is 37.7 Å². The van der Waals surface area contributed by atoms with Crippen molar-refractivity contribution in [3.63, 3.8) is 0 Å². The van der Waals surface area contributed by atoms with Crippen LogP contribution in [0.2, 0.25) is 0 Å². The van der Waals surface area contributed by atoms with Crippen molar-refractivity contribution in [1.82, 2.24) is 0 Å². The average Bonchev–Trinajstić information content (AvgIpc) is 2.17. The van der Waals surface area contributed by atoms with Gasteiger partial charge in [-0.1, -0.05) is 52.0 Å². The quantitative estimate of drug-likeness (QED) is 0.407.